The van der Waals surface area contributed by atoms with E-state index in [1.54, 1.807) is 10.7 Å². The Bertz CT molecular complexity index is 577. The highest BCUT2D eigenvalue weighted by atomic mass is 16.5. The monoisotopic (exact) mass is 292 g/mol. The molecule has 0 spiro atoms. The van der Waals surface area contributed by atoms with Gasteiger partial charge in [-0.1, -0.05) is 26.7 Å². The van der Waals surface area contributed by atoms with E-state index in [9.17, 15) is 4.79 Å². The Kier molecular flexibility index (Phi) is 5.42. The van der Waals surface area contributed by atoms with Crippen molar-refractivity contribution in [2.75, 3.05) is 0 Å². The molecule has 0 aliphatic heterocycles. The second-order valence-electron chi connectivity index (χ2n) is 4.78. The molecule has 2 heterocycles. The second kappa shape index (κ2) is 7.51. The summed E-state index contributed by atoms with van der Waals surface area (Å²) in [5, 5.41) is 18.1. The number of aromatic nitrogens is 6. The van der Waals surface area contributed by atoms with Gasteiger partial charge in [-0.05, 0) is 29.3 Å². The zero-order valence-electron chi connectivity index (χ0n) is 12.4. The first-order valence-corrected chi connectivity index (χ1v) is 7.21. The van der Waals surface area contributed by atoms with Crippen LogP contribution in [0.5, 0.6) is 0 Å². The number of nitrogens with one attached hydrogen (secondary N) is 1. The van der Waals surface area contributed by atoms with Gasteiger partial charge in [-0.3, -0.25) is 5.10 Å². The summed E-state index contributed by atoms with van der Waals surface area (Å²) < 4.78 is 6.86. The Morgan fingerprint density at radius 1 is 1.38 bits per heavy atom. The summed E-state index contributed by atoms with van der Waals surface area (Å²) in [5.74, 6) is 0.0692. The molecule has 0 fully saturated rings. The third-order valence-corrected chi connectivity index (χ3v) is 3.02. The maximum absolute atomic E-state index is 11.9. The smallest absolute Gasteiger partial charge is 0.359 e. The zero-order valence-corrected chi connectivity index (χ0v) is 12.4. The third-order valence-electron chi connectivity index (χ3n) is 3.02. The van der Waals surface area contributed by atoms with Crippen molar-refractivity contribution in [3.8, 4) is 0 Å². The number of aryl methyl sites for hydroxylation is 2. The largest absolute Gasteiger partial charge is 0.453 e. The fourth-order valence-corrected chi connectivity index (χ4v) is 1.88. The van der Waals surface area contributed by atoms with Crippen LogP contribution in [0, 0.1) is 0 Å². The van der Waals surface area contributed by atoms with E-state index >= 15 is 0 Å². The SMILES string of the molecule is CCCCn1nnnc1COC(=O)c1cc(CCC)[nH]n1. The van der Waals surface area contributed by atoms with E-state index in [1.807, 2.05) is 0 Å². The van der Waals surface area contributed by atoms with Crippen LogP contribution >= 0.6 is 0 Å². The number of tetrazole rings is 1. The zero-order chi connectivity index (χ0) is 15.1. The number of esters is 1. The molecule has 2 aromatic heterocycles. The predicted octanol–water partition coefficient (Wildman–Crippen LogP) is 1.51. The quantitative estimate of drug-likeness (QED) is 0.740. The molecule has 0 bridgehead atoms. The molecule has 8 heteroatoms. The molecule has 0 unspecified atom stereocenters. The number of hydrogen-bond acceptors (Lipinski definition) is 6. The molecular formula is C13H20N6O2. The van der Waals surface area contributed by atoms with E-state index in [4.69, 9.17) is 4.74 Å². The van der Waals surface area contributed by atoms with E-state index in [0.717, 1.165) is 37.9 Å². The van der Waals surface area contributed by atoms with Crippen molar-refractivity contribution in [2.45, 2.75) is 52.7 Å². The first kappa shape index (κ1) is 15.1. The molecule has 0 aromatic carbocycles. The maximum atomic E-state index is 11.9. The number of ether oxygens (including phenoxy) is 1. The van der Waals surface area contributed by atoms with E-state index in [0.29, 0.717) is 5.82 Å². The molecule has 0 amide bonds. The van der Waals surface area contributed by atoms with Gasteiger partial charge in [-0.15, -0.1) is 5.10 Å². The Hall–Kier alpha value is -2.25. The summed E-state index contributed by atoms with van der Waals surface area (Å²) in [7, 11) is 0. The van der Waals surface area contributed by atoms with Gasteiger partial charge in [0.25, 0.3) is 0 Å². The maximum Gasteiger partial charge on any atom is 0.359 e. The van der Waals surface area contributed by atoms with Crippen molar-refractivity contribution < 1.29 is 9.53 Å². The summed E-state index contributed by atoms with van der Waals surface area (Å²) in [5.41, 5.74) is 1.21. The predicted molar refractivity (Wildman–Crippen MR) is 74.4 cm³/mol. The topological polar surface area (TPSA) is 98.6 Å². The number of hydrogen-bond donors (Lipinski definition) is 1. The number of rotatable bonds is 8. The van der Waals surface area contributed by atoms with Crippen LogP contribution in [-0.4, -0.2) is 36.4 Å². The standard InChI is InChI=1S/C13H20N6O2/c1-3-5-7-19-12(16-17-18-19)9-21-13(20)11-8-10(6-4-2)14-15-11/h8H,3-7,9H2,1-2H3,(H,14,15). The van der Waals surface area contributed by atoms with Crippen molar-refractivity contribution in [3.63, 3.8) is 0 Å². The molecule has 0 saturated carbocycles. The van der Waals surface area contributed by atoms with Crippen molar-refractivity contribution in [1.82, 2.24) is 30.4 Å². The van der Waals surface area contributed by atoms with Gasteiger partial charge in [0.05, 0.1) is 0 Å². The van der Waals surface area contributed by atoms with E-state index in [1.165, 1.54) is 0 Å². The minimum atomic E-state index is -0.473. The molecule has 0 radical (unpaired) electrons. The lowest BCUT2D eigenvalue weighted by molar-refractivity contribution is 0.0449. The van der Waals surface area contributed by atoms with Crippen molar-refractivity contribution >= 4 is 5.97 Å². The fourth-order valence-electron chi connectivity index (χ4n) is 1.88. The molecule has 0 atom stereocenters. The van der Waals surface area contributed by atoms with Crippen LogP contribution in [0.3, 0.4) is 0 Å². The molecule has 8 nitrogen and oxygen atoms in total. The van der Waals surface area contributed by atoms with Gasteiger partial charge in [0.2, 0.25) is 0 Å². The van der Waals surface area contributed by atoms with Crippen LogP contribution in [0.4, 0.5) is 0 Å². The molecular weight excluding hydrogens is 272 g/mol. The van der Waals surface area contributed by atoms with Gasteiger partial charge in [0.15, 0.2) is 18.1 Å². The van der Waals surface area contributed by atoms with E-state index < -0.39 is 5.97 Å². The van der Waals surface area contributed by atoms with Crippen LogP contribution in [0.25, 0.3) is 0 Å². The number of nitrogens with zero attached hydrogens (tertiary/aromatic N) is 5. The second-order valence-corrected chi connectivity index (χ2v) is 4.78. The highest BCUT2D eigenvalue weighted by Crippen LogP contribution is 2.06. The molecule has 2 rings (SSSR count). The molecule has 0 aliphatic rings. The lowest BCUT2D eigenvalue weighted by Crippen LogP contribution is -2.11. The van der Waals surface area contributed by atoms with Crippen molar-refractivity contribution in [1.29, 1.82) is 0 Å². The van der Waals surface area contributed by atoms with Gasteiger partial charge in [0, 0.05) is 12.2 Å². The van der Waals surface area contributed by atoms with Crippen molar-refractivity contribution in [3.05, 3.63) is 23.3 Å². The van der Waals surface area contributed by atoms with E-state index in [-0.39, 0.29) is 12.3 Å². The lowest BCUT2D eigenvalue weighted by atomic mass is 10.2. The minimum absolute atomic E-state index is 0.0471. The summed E-state index contributed by atoms with van der Waals surface area (Å²) in [6, 6.07) is 1.71. The van der Waals surface area contributed by atoms with Crippen LogP contribution in [-0.2, 0) is 24.3 Å². The van der Waals surface area contributed by atoms with Crippen LogP contribution < -0.4 is 0 Å². The highest BCUT2D eigenvalue weighted by Gasteiger charge is 2.14. The van der Waals surface area contributed by atoms with Gasteiger partial charge in [-0.25, -0.2) is 9.48 Å². The van der Waals surface area contributed by atoms with Crippen LogP contribution in [0.1, 0.15) is 55.1 Å². The van der Waals surface area contributed by atoms with Crippen molar-refractivity contribution in [2.24, 2.45) is 0 Å². The fraction of sp³-hybridized carbons (Fsp3) is 0.615. The summed E-state index contributed by atoms with van der Waals surface area (Å²) in [6.45, 7) is 4.93. The van der Waals surface area contributed by atoms with Gasteiger partial charge in [0.1, 0.15) is 0 Å². The number of H-pyrrole nitrogens is 1. The normalized spacial score (nSPS) is 10.8. The Morgan fingerprint density at radius 3 is 3.00 bits per heavy atom. The molecule has 1 N–H and O–H groups in total. The molecule has 2 aromatic rings. The van der Waals surface area contributed by atoms with Gasteiger partial charge in [-0.2, -0.15) is 5.10 Å². The van der Waals surface area contributed by atoms with Gasteiger partial charge < -0.3 is 4.74 Å². The molecule has 0 aliphatic carbocycles. The first-order valence-electron chi connectivity index (χ1n) is 7.21. The summed E-state index contributed by atoms with van der Waals surface area (Å²) >= 11 is 0. The first-order chi connectivity index (χ1) is 10.2. The average Bonchev–Trinajstić information content (AvgIpc) is 3.12. The minimum Gasteiger partial charge on any atom is -0.453 e. The average molecular weight is 292 g/mol. The number of carbonyl (C=O) groups is 1. The van der Waals surface area contributed by atoms with E-state index in [2.05, 4.69) is 39.6 Å². The Morgan fingerprint density at radius 2 is 2.24 bits per heavy atom. The number of unbranched alkanes of at least 4 members (excludes halogenated alkanes) is 1. The molecule has 0 saturated heterocycles. The number of aromatic amines is 1. The van der Waals surface area contributed by atoms with Crippen LogP contribution in [0.15, 0.2) is 6.07 Å². The van der Waals surface area contributed by atoms with Gasteiger partial charge >= 0.3 is 5.97 Å². The molecule has 21 heavy (non-hydrogen) atoms. The third kappa shape index (κ3) is 4.11. The lowest BCUT2D eigenvalue weighted by Gasteiger charge is -2.04. The Labute approximate surface area is 122 Å². The summed E-state index contributed by atoms with van der Waals surface area (Å²) in [4.78, 5) is 11.9. The molecule has 114 valence electrons. The van der Waals surface area contributed by atoms with Crippen LogP contribution in [0.2, 0.25) is 0 Å². The Balaban J connectivity index is 1.89. The highest BCUT2D eigenvalue weighted by molar-refractivity contribution is 5.87. The summed E-state index contributed by atoms with van der Waals surface area (Å²) in [6.07, 6.45) is 3.87. The number of carbonyl (C=O) groups excluding carboxylic acids is 1.